The lowest BCUT2D eigenvalue weighted by Gasteiger charge is -2.06. The van der Waals surface area contributed by atoms with Gasteiger partial charge < -0.3 is 16.0 Å². The number of amides is 1. The van der Waals surface area contributed by atoms with Gasteiger partial charge in [-0.15, -0.1) is 0 Å². The Kier molecular flexibility index (Phi) is 3.15. The van der Waals surface area contributed by atoms with Crippen molar-refractivity contribution in [3.63, 3.8) is 0 Å². The van der Waals surface area contributed by atoms with Crippen molar-refractivity contribution in [1.29, 1.82) is 0 Å². The van der Waals surface area contributed by atoms with Gasteiger partial charge in [0.15, 0.2) is 0 Å². The van der Waals surface area contributed by atoms with Gasteiger partial charge in [0.1, 0.15) is 11.4 Å². The zero-order valence-electron chi connectivity index (χ0n) is 9.49. The molecule has 8 heteroatoms. The second kappa shape index (κ2) is 4.77. The van der Waals surface area contributed by atoms with Crippen molar-refractivity contribution in [3.05, 3.63) is 56.6 Å². The minimum Gasteiger partial charge on any atom is -0.399 e. The number of H-pyrrole nitrogens is 2. The Morgan fingerprint density at radius 3 is 2.74 bits per heavy atom. The fourth-order valence-corrected chi connectivity index (χ4v) is 1.41. The highest BCUT2D eigenvalue weighted by Crippen LogP contribution is 2.17. The number of nitrogens with two attached hydrogens (primary N) is 1. The van der Waals surface area contributed by atoms with Gasteiger partial charge in [-0.3, -0.25) is 14.6 Å². The number of nitrogens with one attached hydrogen (secondary N) is 3. The molecule has 1 amide bonds. The van der Waals surface area contributed by atoms with Gasteiger partial charge in [-0.2, -0.15) is 0 Å². The third-order valence-electron chi connectivity index (χ3n) is 2.30. The highest BCUT2D eigenvalue weighted by atomic mass is 19.1. The zero-order valence-corrected chi connectivity index (χ0v) is 9.49. The molecule has 0 atom stereocenters. The van der Waals surface area contributed by atoms with Gasteiger partial charge in [0.2, 0.25) is 0 Å². The molecule has 2 rings (SSSR count). The molecule has 0 spiro atoms. The summed E-state index contributed by atoms with van der Waals surface area (Å²) in [5.74, 6) is -1.55. The van der Waals surface area contributed by atoms with Crippen LogP contribution >= 0.6 is 0 Å². The average molecular weight is 264 g/mol. The van der Waals surface area contributed by atoms with Crippen LogP contribution in [0.1, 0.15) is 10.4 Å². The smallest absolute Gasteiger partial charge is 0.325 e. The Labute approximate surface area is 105 Å². The first-order valence-electron chi connectivity index (χ1n) is 5.16. The van der Waals surface area contributed by atoms with E-state index in [1.807, 2.05) is 4.98 Å². The van der Waals surface area contributed by atoms with Gasteiger partial charge in [-0.05, 0) is 18.2 Å². The van der Waals surface area contributed by atoms with E-state index in [2.05, 4.69) is 10.3 Å². The van der Waals surface area contributed by atoms with Crippen LogP contribution in [0.5, 0.6) is 0 Å². The molecule has 98 valence electrons. The summed E-state index contributed by atoms with van der Waals surface area (Å²) in [7, 11) is 0. The van der Waals surface area contributed by atoms with Gasteiger partial charge in [-0.25, -0.2) is 9.18 Å². The number of carbonyl (C=O) groups excluding carboxylic acids is 1. The van der Waals surface area contributed by atoms with E-state index in [4.69, 9.17) is 5.73 Å². The largest absolute Gasteiger partial charge is 0.399 e. The van der Waals surface area contributed by atoms with Crippen LogP contribution in [0.3, 0.4) is 0 Å². The summed E-state index contributed by atoms with van der Waals surface area (Å²) < 4.78 is 13.4. The van der Waals surface area contributed by atoms with Gasteiger partial charge in [0.05, 0.1) is 5.69 Å². The molecule has 5 N–H and O–H groups in total. The van der Waals surface area contributed by atoms with Gasteiger partial charge >= 0.3 is 5.69 Å². The van der Waals surface area contributed by atoms with Crippen molar-refractivity contribution in [2.24, 2.45) is 0 Å². The molecule has 0 aliphatic heterocycles. The van der Waals surface area contributed by atoms with E-state index in [-0.39, 0.29) is 16.9 Å². The van der Waals surface area contributed by atoms with Gasteiger partial charge in [0, 0.05) is 11.9 Å². The summed E-state index contributed by atoms with van der Waals surface area (Å²) in [6.45, 7) is 0. The molecule has 1 heterocycles. The molecule has 0 bridgehead atoms. The molecular weight excluding hydrogens is 255 g/mol. The summed E-state index contributed by atoms with van der Waals surface area (Å²) in [6, 6.07) is 3.63. The van der Waals surface area contributed by atoms with E-state index in [0.29, 0.717) is 0 Å². The van der Waals surface area contributed by atoms with Crippen molar-refractivity contribution in [3.8, 4) is 0 Å². The Bertz CT molecular complexity index is 750. The number of nitrogen functional groups attached to an aromatic ring is 1. The van der Waals surface area contributed by atoms with Crippen molar-refractivity contribution < 1.29 is 9.18 Å². The Balaban J connectivity index is 2.33. The van der Waals surface area contributed by atoms with Crippen molar-refractivity contribution >= 4 is 17.3 Å². The molecule has 0 fully saturated rings. The molecule has 0 saturated carbocycles. The first kappa shape index (κ1) is 12.6. The summed E-state index contributed by atoms with van der Waals surface area (Å²) in [4.78, 5) is 37.9. The van der Waals surface area contributed by atoms with E-state index in [9.17, 15) is 18.8 Å². The standard InChI is InChI=1S/C11H9FN4O3/c12-7-2-1-5(13)3-8(7)15-9(17)6-4-14-11(19)16-10(6)18/h1-4H,13H2,(H,15,17)(H2,14,16,18,19). The van der Waals surface area contributed by atoms with Crippen LogP contribution in [-0.2, 0) is 0 Å². The number of hydrogen-bond donors (Lipinski definition) is 4. The molecule has 0 aliphatic rings. The van der Waals surface area contributed by atoms with Crippen molar-refractivity contribution in [1.82, 2.24) is 9.97 Å². The second-order valence-corrected chi connectivity index (χ2v) is 3.68. The fourth-order valence-electron chi connectivity index (χ4n) is 1.41. The number of aromatic nitrogens is 2. The maximum absolute atomic E-state index is 13.4. The van der Waals surface area contributed by atoms with Gasteiger partial charge in [-0.1, -0.05) is 0 Å². The van der Waals surface area contributed by atoms with Gasteiger partial charge in [0.25, 0.3) is 11.5 Å². The molecule has 0 aliphatic carbocycles. The van der Waals surface area contributed by atoms with E-state index >= 15 is 0 Å². The first-order valence-corrected chi connectivity index (χ1v) is 5.16. The number of halogens is 1. The van der Waals surface area contributed by atoms with Crippen LogP contribution in [0.2, 0.25) is 0 Å². The molecule has 7 nitrogen and oxygen atoms in total. The van der Waals surface area contributed by atoms with Crippen LogP contribution in [0.25, 0.3) is 0 Å². The number of hydrogen-bond acceptors (Lipinski definition) is 4. The predicted octanol–water partition coefficient (Wildman–Crippen LogP) is 0.0368. The lowest BCUT2D eigenvalue weighted by Crippen LogP contribution is -2.29. The van der Waals surface area contributed by atoms with Crippen LogP contribution in [0.15, 0.2) is 34.0 Å². The monoisotopic (exact) mass is 264 g/mol. The van der Waals surface area contributed by atoms with Crippen LogP contribution in [-0.4, -0.2) is 15.9 Å². The molecule has 0 radical (unpaired) electrons. The van der Waals surface area contributed by atoms with Crippen LogP contribution in [0, 0.1) is 5.82 Å². The van der Waals surface area contributed by atoms with Crippen molar-refractivity contribution in [2.75, 3.05) is 11.1 Å². The number of aromatic amines is 2. The summed E-state index contributed by atoms with van der Waals surface area (Å²) in [5.41, 5.74) is 3.60. The number of rotatable bonds is 2. The lowest BCUT2D eigenvalue weighted by molar-refractivity contribution is 0.102. The summed E-state index contributed by atoms with van der Waals surface area (Å²) in [6.07, 6.45) is 0.945. The topological polar surface area (TPSA) is 121 Å². The minimum atomic E-state index is -0.870. The Morgan fingerprint density at radius 1 is 1.32 bits per heavy atom. The van der Waals surface area contributed by atoms with E-state index < -0.39 is 23.0 Å². The zero-order chi connectivity index (χ0) is 14.0. The van der Waals surface area contributed by atoms with E-state index in [0.717, 1.165) is 12.3 Å². The molecular formula is C11H9FN4O3. The molecule has 2 aromatic rings. The molecule has 1 aromatic carbocycles. The second-order valence-electron chi connectivity index (χ2n) is 3.68. The quantitative estimate of drug-likeness (QED) is 0.572. The fraction of sp³-hybridized carbons (Fsp3) is 0. The Morgan fingerprint density at radius 2 is 2.05 bits per heavy atom. The van der Waals surface area contributed by atoms with E-state index in [1.165, 1.54) is 12.1 Å². The first-order chi connectivity index (χ1) is 8.97. The van der Waals surface area contributed by atoms with Crippen molar-refractivity contribution in [2.45, 2.75) is 0 Å². The molecule has 0 saturated heterocycles. The number of anilines is 2. The number of carbonyl (C=O) groups is 1. The lowest BCUT2D eigenvalue weighted by atomic mass is 10.2. The minimum absolute atomic E-state index is 0.157. The average Bonchev–Trinajstić information content (AvgIpc) is 2.33. The van der Waals surface area contributed by atoms with Crippen LogP contribution < -0.4 is 22.3 Å². The highest BCUT2D eigenvalue weighted by molar-refractivity contribution is 6.04. The molecule has 1 aromatic heterocycles. The SMILES string of the molecule is Nc1ccc(F)c(NC(=O)c2c[nH]c(=O)[nH]c2=O)c1. The third-order valence-corrected chi connectivity index (χ3v) is 2.30. The van der Waals surface area contributed by atoms with E-state index in [1.54, 1.807) is 0 Å². The normalized spacial score (nSPS) is 10.2. The summed E-state index contributed by atoms with van der Waals surface area (Å²) >= 11 is 0. The predicted molar refractivity (Wildman–Crippen MR) is 66.4 cm³/mol. The molecule has 19 heavy (non-hydrogen) atoms. The highest BCUT2D eigenvalue weighted by Gasteiger charge is 2.13. The van der Waals surface area contributed by atoms with Crippen LogP contribution in [0.4, 0.5) is 15.8 Å². The maximum Gasteiger partial charge on any atom is 0.325 e. The third kappa shape index (κ3) is 2.68. The molecule has 0 unspecified atom stereocenters. The Hall–Kier alpha value is -2.90. The maximum atomic E-state index is 13.4. The number of benzene rings is 1. The summed E-state index contributed by atoms with van der Waals surface area (Å²) in [5, 5.41) is 2.19.